The summed E-state index contributed by atoms with van der Waals surface area (Å²) in [5.74, 6) is -0.390. The minimum atomic E-state index is -0.390. The smallest absolute Gasteiger partial charge is 0.338 e. The molecule has 0 fully saturated rings. The number of rotatable bonds is 5. The van der Waals surface area contributed by atoms with Gasteiger partial charge in [0.05, 0.1) is 12.2 Å². The molecular weight excluding hydrogens is 196 g/mol. The van der Waals surface area contributed by atoms with E-state index < -0.39 is 5.97 Å². The molecule has 0 radical (unpaired) electrons. The van der Waals surface area contributed by atoms with Crippen molar-refractivity contribution in [2.24, 2.45) is 5.11 Å². The Morgan fingerprint density at radius 2 is 2.27 bits per heavy atom. The number of hydrogen-bond donors (Lipinski definition) is 0. The molecule has 0 aliphatic heterocycles. The summed E-state index contributed by atoms with van der Waals surface area (Å²) in [4.78, 5) is 17.7. The first kappa shape index (κ1) is 11.0. The van der Waals surface area contributed by atoms with E-state index in [0.717, 1.165) is 0 Å². The van der Waals surface area contributed by atoms with E-state index in [1.807, 2.05) is 0 Å². The molecule has 0 spiro atoms. The average molecular weight is 206 g/mol. The topological polar surface area (TPSA) is 88.0 Å². The second-order valence-corrected chi connectivity index (χ2v) is 2.68. The minimum absolute atomic E-state index is 0.250. The fourth-order valence-corrected chi connectivity index (χ4v) is 0.916. The Balaban J connectivity index is 2.28. The fraction of sp³-hybridized carbons (Fsp3) is 0.333. The van der Waals surface area contributed by atoms with Gasteiger partial charge in [-0.3, -0.25) is 4.98 Å². The number of carbonyl (C=O) groups excluding carboxylic acids is 1. The van der Waals surface area contributed by atoms with E-state index in [1.165, 1.54) is 12.4 Å². The van der Waals surface area contributed by atoms with Crippen LogP contribution < -0.4 is 0 Å². The van der Waals surface area contributed by atoms with Gasteiger partial charge in [0.25, 0.3) is 0 Å². The number of nitrogens with zero attached hydrogens (tertiary/aromatic N) is 4. The van der Waals surface area contributed by atoms with Crippen LogP contribution in [0.3, 0.4) is 0 Å². The monoisotopic (exact) mass is 206 g/mol. The maximum Gasteiger partial charge on any atom is 0.338 e. The van der Waals surface area contributed by atoms with E-state index in [2.05, 4.69) is 15.0 Å². The summed E-state index contributed by atoms with van der Waals surface area (Å²) in [5.41, 5.74) is 8.46. The molecule has 78 valence electrons. The first-order valence-electron chi connectivity index (χ1n) is 4.42. The highest BCUT2D eigenvalue weighted by Gasteiger charge is 2.04. The van der Waals surface area contributed by atoms with E-state index in [1.54, 1.807) is 12.1 Å². The lowest BCUT2D eigenvalue weighted by Gasteiger charge is -2.02. The van der Waals surface area contributed by atoms with Crippen molar-refractivity contribution >= 4 is 5.97 Å². The van der Waals surface area contributed by atoms with Gasteiger partial charge in [-0.25, -0.2) is 4.79 Å². The van der Waals surface area contributed by atoms with Gasteiger partial charge in [-0.05, 0) is 24.1 Å². The van der Waals surface area contributed by atoms with E-state index in [4.69, 9.17) is 10.3 Å². The second-order valence-electron chi connectivity index (χ2n) is 2.68. The van der Waals surface area contributed by atoms with Crippen LogP contribution in [0.1, 0.15) is 16.8 Å². The maximum absolute atomic E-state index is 11.3. The lowest BCUT2D eigenvalue weighted by atomic mass is 10.3. The number of ether oxygens (including phenoxy) is 1. The number of pyridine rings is 1. The molecule has 15 heavy (non-hydrogen) atoms. The van der Waals surface area contributed by atoms with E-state index in [-0.39, 0.29) is 6.61 Å². The third-order valence-electron chi connectivity index (χ3n) is 1.61. The molecule has 0 unspecified atom stereocenters. The molecular formula is C9H10N4O2. The van der Waals surface area contributed by atoms with Crippen LogP contribution in [-0.2, 0) is 4.74 Å². The van der Waals surface area contributed by atoms with Gasteiger partial charge in [0.15, 0.2) is 0 Å². The standard InChI is InChI=1S/C9H10N4O2/c10-13-12-4-1-7-15-9(14)8-2-5-11-6-3-8/h2-3,5-6H,1,4,7H2. The first-order chi connectivity index (χ1) is 7.34. The molecule has 0 amide bonds. The van der Waals surface area contributed by atoms with Crippen LogP contribution in [0.2, 0.25) is 0 Å². The van der Waals surface area contributed by atoms with Crippen molar-refractivity contribution in [1.29, 1.82) is 0 Å². The van der Waals surface area contributed by atoms with Crippen LogP contribution in [0.4, 0.5) is 0 Å². The number of aromatic nitrogens is 1. The van der Waals surface area contributed by atoms with Crippen LogP contribution >= 0.6 is 0 Å². The van der Waals surface area contributed by atoms with E-state index >= 15 is 0 Å². The van der Waals surface area contributed by atoms with Crippen LogP contribution in [-0.4, -0.2) is 24.1 Å². The van der Waals surface area contributed by atoms with Gasteiger partial charge in [0.2, 0.25) is 0 Å². The van der Waals surface area contributed by atoms with Gasteiger partial charge < -0.3 is 4.74 Å². The summed E-state index contributed by atoms with van der Waals surface area (Å²) < 4.78 is 4.92. The zero-order chi connectivity index (χ0) is 10.9. The van der Waals surface area contributed by atoms with Gasteiger partial charge in [-0.2, -0.15) is 0 Å². The Morgan fingerprint density at radius 3 is 2.93 bits per heavy atom. The molecule has 0 atom stereocenters. The molecule has 0 N–H and O–H groups in total. The lowest BCUT2D eigenvalue weighted by molar-refractivity contribution is 0.0503. The zero-order valence-corrected chi connectivity index (χ0v) is 8.04. The molecule has 0 aliphatic carbocycles. The summed E-state index contributed by atoms with van der Waals surface area (Å²) in [5, 5.41) is 3.32. The summed E-state index contributed by atoms with van der Waals surface area (Å²) in [6, 6.07) is 3.16. The fourth-order valence-electron chi connectivity index (χ4n) is 0.916. The SMILES string of the molecule is [N-]=[N+]=NCCCOC(=O)c1ccncc1. The van der Waals surface area contributed by atoms with E-state index in [9.17, 15) is 4.79 Å². The number of azide groups is 1. The van der Waals surface area contributed by atoms with Crippen molar-refractivity contribution in [3.8, 4) is 0 Å². The van der Waals surface area contributed by atoms with Crippen LogP contribution in [0.5, 0.6) is 0 Å². The summed E-state index contributed by atoms with van der Waals surface area (Å²) in [7, 11) is 0. The number of carbonyl (C=O) groups is 1. The summed E-state index contributed by atoms with van der Waals surface area (Å²) >= 11 is 0. The van der Waals surface area contributed by atoms with Gasteiger partial charge in [-0.15, -0.1) is 0 Å². The average Bonchev–Trinajstić information content (AvgIpc) is 2.30. The van der Waals surface area contributed by atoms with Gasteiger partial charge >= 0.3 is 5.97 Å². The Hall–Kier alpha value is -2.07. The minimum Gasteiger partial charge on any atom is -0.462 e. The van der Waals surface area contributed by atoms with Crippen molar-refractivity contribution < 1.29 is 9.53 Å². The molecule has 6 heteroatoms. The van der Waals surface area contributed by atoms with Gasteiger partial charge in [0.1, 0.15) is 0 Å². The van der Waals surface area contributed by atoms with Crippen molar-refractivity contribution in [2.75, 3.05) is 13.2 Å². The third kappa shape index (κ3) is 4.10. The van der Waals surface area contributed by atoms with Gasteiger partial charge in [-0.1, -0.05) is 5.11 Å². The summed E-state index contributed by atoms with van der Waals surface area (Å²) in [6.07, 6.45) is 3.58. The van der Waals surface area contributed by atoms with Crippen LogP contribution in [0, 0.1) is 0 Å². The molecule has 0 bridgehead atoms. The third-order valence-corrected chi connectivity index (χ3v) is 1.61. The highest BCUT2D eigenvalue weighted by Crippen LogP contribution is 1.99. The molecule has 6 nitrogen and oxygen atoms in total. The maximum atomic E-state index is 11.3. The molecule has 0 aromatic carbocycles. The molecule has 0 saturated heterocycles. The number of hydrogen-bond acceptors (Lipinski definition) is 4. The lowest BCUT2D eigenvalue weighted by Crippen LogP contribution is -2.06. The Bertz CT molecular complexity index is 360. The Morgan fingerprint density at radius 1 is 1.53 bits per heavy atom. The second kappa shape index (κ2) is 6.39. The van der Waals surface area contributed by atoms with Crippen LogP contribution in [0.25, 0.3) is 10.4 Å². The Labute approximate surface area is 86.5 Å². The predicted molar refractivity (Wildman–Crippen MR) is 53.1 cm³/mol. The highest BCUT2D eigenvalue weighted by atomic mass is 16.5. The zero-order valence-electron chi connectivity index (χ0n) is 8.04. The normalized spacial score (nSPS) is 9.07. The largest absolute Gasteiger partial charge is 0.462 e. The Kier molecular flexibility index (Phi) is 4.69. The van der Waals surface area contributed by atoms with Crippen molar-refractivity contribution in [3.05, 3.63) is 40.5 Å². The quantitative estimate of drug-likeness (QED) is 0.242. The molecule has 0 aliphatic rings. The van der Waals surface area contributed by atoms with Gasteiger partial charge in [0, 0.05) is 23.9 Å². The van der Waals surface area contributed by atoms with Crippen molar-refractivity contribution in [1.82, 2.24) is 4.98 Å². The first-order valence-corrected chi connectivity index (χ1v) is 4.42. The van der Waals surface area contributed by atoms with Crippen molar-refractivity contribution in [3.63, 3.8) is 0 Å². The molecule has 1 aromatic rings. The highest BCUT2D eigenvalue weighted by molar-refractivity contribution is 5.89. The van der Waals surface area contributed by atoms with Crippen molar-refractivity contribution in [2.45, 2.75) is 6.42 Å². The molecule has 1 aromatic heterocycles. The van der Waals surface area contributed by atoms with Crippen LogP contribution in [0.15, 0.2) is 29.6 Å². The molecule has 1 rings (SSSR count). The predicted octanol–water partition coefficient (Wildman–Crippen LogP) is 1.94. The number of esters is 1. The molecule has 0 saturated carbocycles. The summed E-state index contributed by atoms with van der Waals surface area (Å²) in [6.45, 7) is 0.584. The molecule has 1 heterocycles. The van der Waals surface area contributed by atoms with E-state index in [0.29, 0.717) is 18.5 Å².